The van der Waals surface area contributed by atoms with Crippen LogP contribution in [-0.4, -0.2) is 28.7 Å². The highest BCUT2D eigenvalue weighted by Crippen LogP contribution is 2.52. The third-order valence-corrected chi connectivity index (χ3v) is 6.25. The van der Waals surface area contributed by atoms with Gasteiger partial charge in [0.15, 0.2) is 0 Å². The molecule has 4 nitrogen and oxygen atoms in total. The maximum absolute atomic E-state index is 6.67. The minimum Gasteiger partial charge on any atom is -0.466 e. The van der Waals surface area contributed by atoms with E-state index in [1.165, 1.54) is 11.1 Å². The van der Waals surface area contributed by atoms with E-state index in [0.717, 1.165) is 35.2 Å². The molecule has 1 spiro atoms. The maximum Gasteiger partial charge on any atom is 0.203 e. The molecule has 5 rings (SSSR count). The zero-order valence-corrected chi connectivity index (χ0v) is 17.2. The second kappa shape index (κ2) is 6.08. The fraction of sp³-hybridized carbons (Fsp3) is 0.409. The van der Waals surface area contributed by atoms with Crippen molar-refractivity contribution >= 4 is 21.6 Å². The highest BCUT2D eigenvalue weighted by Gasteiger charge is 2.54. The first kappa shape index (κ1) is 17.3. The Bertz CT molecular complexity index is 912. The van der Waals surface area contributed by atoms with Crippen LogP contribution in [-0.2, 0) is 4.74 Å². The van der Waals surface area contributed by atoms with E-state index in [1.807, 2.05) is 6.07 Å². The Labute approximate surface area is 168 Å². The van der Waals surface area contributed by atoms with Crippen LogP contribution < -0.4 is 4.74 Å². The lowest BCUT2D eigenvalue weighted by Gasteiger charge is -2.52. The zero-order chi connectivity index (χ0) is 18.6. The number of rotatable bonds is 1. The molecule has 0 radical (unpaired) electrons. The summed E-state index contributed by atoms with van der Waals surface area (Å²) in [5, 5.41) is 7.34. The van der Waals surface area contributed by atoms with Crippen molar-refractivity contribution in [3.8, 4) is 5.75 Å². The molecule has 2 atom stereocenters. The third-order valence-electron chi connectivity index (χ3n) is 5.75. The smallest absolute Gasteiger partial charge is 0.203 e. The highest BCUT2D eigenvalue weighted by atomic mass is 79.9. The molecule has 3 aliphatic rings. The Morgan fingerprint density at radius 1 is 1.15 bits per heavy atom. The Morgan fingerprint density at radius 3 is 2.74 bits per heavy atom. The van der Waals surface area contributed by atoms with E-state index in [4.69, 9.17) is 14.6 Å². The summed E-state index contributed by atoms with van der Waals surface area (Å²) in [4.78, 5) is 0. The van der Waals surface area contributed by atoms with Crippen LogP contribution in [0.5, 0.6) is 5.75 Å². The lowest BCUT2D eigenvalue weighted by atomic mass is 9.86. The molecule has 3 heterocycles. The second-order valence-corrected chi connectivity index (χ2v) is 9.16. The van der Waals surface area contributed by atoms with E-state index in [1.54, 1.807) is 0 Å². The molecule has 2 aromatic rings. The number of fused-ring (bicyclic) bond motifs is 4. The molecule has 3 aliphatic heterocycles. The fourth-order valence-corrected chi connectivity index (χ4v) is 5.01. The fourth-order valence-electron chi connectivity index (χ4n) is 4.63. The minimum atomic E-state index is -0.455. The molecule has 0 unspecified atom stereocenters. The van der Waals surface area contributed by atoms with Gasteiger partial charge in [-0.3, -0.25) is 0 Å². The predicted molar refractivity (Wildman–Crippen MR) is 109 cm³/mol. The molecule has 0 saturated carbocycles. The Balaban J connectivity index is 1.63. The molecular weight excluding hydrogens is 404 g/mol. The summed E-state index contributed by atoms with van der Waals surface area (Å²) < 4.78 is 13.7. The predicted octanol–water partition coefficient (Wildman–Crippen LogP) is 5.28. The van der Waals surface area contributed by atoms with Gasteiger partial charge < -0.3 is 9.47 Å². The molecule has 27 heavy (non-hydrogen) atoms. The minimum absolute atomic E-state index is 0.190. The van der Waals surface area contributed by atoms with Crippen molar-refractivity contribution in [2.45, 2.75) is 50.5 Å². The molecule has 0 amide bonds. The van der Waals surface area contributed by atoms with Gasteiger partial charge in [-0.1, -0.05) is 46.3 Å². The number of nitrogens with zero attached hydrogens (tertiary/aromatic N) is 2. The number of ether oxygens (including phenoxy) is 2. The summed E-state index contributed by atoms with van der Waals surface area (Å²) in [5.74, 6) is 0.974. The van der Waals surface area contributed by atoms with Crippen LogP contribution in [0, 0.1) is 0 Å². The van der Waals surface area contributed by atoms with Crippen LogP contribution in [0.1, 0.15) is 50.3 Å². The number of benzene rings is 2. The summed E-state index contributed by atoms with van der Waals surface area (Å²) in [5.41, 5.74) is 2.82. The Morgan fingerprint density at radius 2 is 1.96 bits per heavy atom. The number of halogens is 1. The van der Waals surface area contributed by atoms with Gasteiger partial charge in [-0.2, -0.15) is 5.10 Å². The summed E-state index contributed by atoms with van der Waals surface area (Å²) in [6.07, 6.45) is 2.49. The Hall–Kier alpha value is -1.85. The zero-order valence-electron chi connectivity index (χ0n) is 15.6. The van der Waals surface area contributed by atoms with Gasteiger partial charge >= 0.3 is 0 Å². The van der Waals surface area contributed by atoms with Crippen LogP contribution >= 0.6 is 15.9 Å². The van der Waals surface area contributed by atoms with Gasteiger partial charge in [0.25, 0.3) is 0 Å². The van der Waals surface area contributed by atoms with Crippen LogP contribution in [0.4, 0.5) is 0 Å². The molecule has 0 bridgehead atoms. The van der Waals surface area contributed by atoms with E-state index >= 15 is 0 Å². The summed E-state index contributed by atoms with van der Waals surface area (Å²) >= 11 is 3.62. The van der Waals surface area contributed by atoms with Gasteiger partial charge in [-0.15, -0.1) is 0 Å². The van der Waals surface area contributed by atoms with Gasteiger partial charge in [0.1, 0.15) is 5.75 Å². The van der Waals surface area contributed by atoms with Gasteiger partial charge in [0.05, 0.1) is 24.0 Å². The van der Waals surface area contributed by atoms with Crippen molar-refractivity contribution in [1.82, 2.24) is 5.01 Å². The van der Waals surface area contributed by atoms with Crippen LogP contribution in [0.25, 0.3) is 0 Å². The topological polar surface area (TPSA) is 34.1 Å². The molecule has 1 fully saturated rings. The first-order valence-corrected chi connectivity index (χ1v) is 10.3. The number of hydrogen-bond donors (Lipinski definition) is 0. The second-order valence-electron chi connectivity index (χ2n) is 8.24. The molecule has 5 heteroatoms. The SMILES string of the molecule is CC1(C)C[C@@]2(CCO1)Oc1ccc(Br)cc1[C@H]1CC(c3ccccc3)=NN12. The molecule has 0 aliphatic carbocycles. The van der Waals surface area contributed by atoms with Crippen LogP contribution in [0.15, 0.2) is 58.1 Å². The average Bonchev–Trinajstić information content (AvgIpc) is 3.09. The van der Waals surface area contributed by atoms with E-state index in [9.17, 15) is 0 Å². The molecular formula is C22H23BrN2O2. The average molecular weight is 427 g/mol. The Kier molecular flexibility index (Phi) is 3.89. The molecule has 0 aromatic heterocycles. The van der Waals surface area contributed by atoms with E-state index < -0.39 is 5.72 Å². The monoisotopic (exact) mass is 426 g/mol. The first-order chi connectivity index (χ1) is 13.0. The van der Waals surface area contributed by atoms with Gasteiger partial charge in [0, 0.05) is 29.3 Å². The maximum atomic E-state index is 6.67. The third kappa shape index (κ3) is 2.88. The largest absolute Gasteiger partial charge is 0.466 e. The molecule has 1 saturated heterocycles. The quantitative estimate of drug-likeness (QED) is 0.621. The van der Waals surface area contributed by atoms with Crippen molar-refractivity contribution < 1.29 is 9.47 Å². The van der Waals surface area contributed by atoms with Gasteiger partial charge in [-0.05, 0) is 37.6 Å². The number of hydrazone groups is 1. The van der Waals surface area contributed by atoms with Crippen molar-refractivity contribution in [1.29, 1.82) is 0 Å². The molecule has 0 N–H and O–H groups in total. The lowest BCUT2D eigenvalue weighted by Crippen LogP contribution is -2.60. The van der Waals surface area contributed by atoms with Crippen molar-refractivity contribution in [3.05, 3.63) is 64.1 Å². The molecule has 2 aromatic carbocycles. The van der Waals surface area contributed by atoms with Crippen molar-refractivity contribution in [3.63, 3.8) is 0 Å². The van der Waals surface area contributed by atoms with Crippen molar-refractivity contribution in [2.24, 2.45) is 5.10 Å². The lowest BCUT2D eigenvalue weighted by molar-refractivity contribution is -0.212. The highest BCUT2D eigenvalue weighted by molar-refractivity contribution is 9.10. The van der Waals surface area contributed by atoms with Gasteiger partial charge in [0.2, 0.25) is 5.72 Å². The van der Waals surface area contributed by atoms with E-state index in [-0.39, 0.29) is 11.6 Å². The summed E-state index contributed by atoms with van der Waals surface area (Å²) in [7, 11) is 0. The van der Waals surface area contributed by atoms with Crippen LogP contribution in [0.2, 0.25) is 0 Å². The van der Waals surface area contributed by atoms with Gasteiger partial charge in [-0.25, -0.2) is 5.01 Å². The number of hydrogen-bond acceptors (Lipinski definition) is 4. The van der Waals surface area contributed by atoms with E-state index in [2.05, 4.69) is 77.3 Å². The van der Waals surface area contributed by atoms with Crippen LogP contribution in [0.3, 0.4) is 0 Å². The first-order valence-electron chi connectivity index (χ1n) is 9.51. The van der Waals surface area contributed by atoms with E-state index in [0.29, 0.717) is 6.61 Å². The normalized spacial score (nSPS) is 28.3. The van der Waals surface area contributed by atoms with Crippen molar-refractivity contribution in [2.75, 3.05) is 6.61 Å². The standard InChI is InChI=1S/C22H23BrN2O2/c1-21(2)14-22(10-11-26-21)25-19(17-12-16(23)8-9-20(17)27-22)13-18(24-25)15-6-4-3-5-7-15/h3-9,12,19H,10-11,13-14H2,1-2H3/t19-,22-/m1/s1. The molecule has 140 valence electrons. The summed E-state index contributed by atoms with van der Waals surface area (Å²) in [6, 6.07) is 17.0. The summed E-state index contributed by atoms with van der Waals surface area (Å²) in [6.45, 7) is 4.96.